The zero-order valence-corrected chi connectivity index (χ0v) is 13.7. The van der Waals surface area contributed by atoms with Gasteiger partial charge in [0.1, 0.15) is 5.69 Å². The molecule has 0 saturated heterocycles. The molecule has 24 heavy (non-hydrogen) atoms. The second-order valence-corrected chi connectivity index (χ2v) is 5.70. The normalized spacial score (nSPS) is 12.8. The van der Waals surface area contributed by atoms with E-state index in [0.29, 0.717) is 43.6 Å². The Kier molecular flexibility index (Phi) is 4.42. The first-order valence-electron chi connectivity index (χ1n) is 8.04. The number of fused-ring (bicyclic) bond motifs is 3. The Morgan fingerprint density at radius 2 is 2.21 bits per heavy atom. The standard InChI is InChI=1S/C17H20FN3O3/c1-3-13(22)20-6-4-9-14-10-5-7-24-16(10)11(18)8-12(14)21-15(9)17(23)19-2/h8,21H,3-7H2,1-2H3,(H,19,23)(H,20,22). The van der Waals surface area contributed by atoms with Gasteiger partial charge in [0.05, 0.1) is 6.61 Å². The van der Waals surface area contributed by atoms with Crippen molar-refractivity contribution in [1.29, 1.82) is 0 Å². The fraction of sp³-hybridized carbons (Fsp3) is 0.412. The number of halogens is 1. The summed E-state index contributed by atoms with van der Waals surface area (Å²) in [5.74, 6) is -0.471. The van der Waals surface area contributed by atoms with E-state index in [0.717, 1.165) is 16.5 Å². The third-order valence-corrected chi connectivity index (χ3v) is 4.27. The minimum absolute atomic E-state index is 0.0454. The van der Waals surface area contributed by atoms with Gasteiger partial charge in [0.15, 0.2) is 11.6 Å². The van der Waals surface area contributed by atoms with Crippen molar-refractivity contribution in [2.24, 2.45) is 0 Å². The maximum Gasteiger partial charge on any atom is 0.267 e. The van der Waals surface area contributed by atoms with Gasteiger partial charge < -0.3 is 20.4 Å². The molecule has 1 aliphatic heterocycles. The number of H-pyrrole nitrogens is 1. The molecule has 7 heteroatoms. The van der Waals surface area contributed by atoms with Crippen LogP contribution in [-0.2, 0) is 17.6 Å². The zero-order chi connectivity index (χ0) is 17.3. The van der Waals surface area contributed by atoms with Crippen LogP contribution in [0.15, 0.2) is 6.07 Å². The molecule has 2 amide bonds. The van der Waals surface area contributed by atoms with E-state index in [-0.39, 0.29) is 17.6 Å². The van der Waals surface area contributed by atoms with Crippen LogP contribution < -0.4 is 15.4 Å². The summed E-state index contributed by atoms with van der Waals surface area (Å²) in [4.78, 5) is 26.6. The lowest BCUT2D eigenvalue weighted by molar-refractivity contribution is -0.120. The van der Waals surface area contributed by atoms with E-state index in [1.807, 2.05) is 0 Å². The highest BCUT2D eigenvalue weighted by Crippen LogP contribution is 2.38. The molecular formula is C17H20FN3O3. The largest absolute Gasteiger partial charge is 0.490 e. The number of hydrogen-bond donors (Lipinski definition) is 3. The zero-order valence-electron chi connectivity index (χ0n) is 13.7. The van der Waals surface area contributed by atoms with Crippen molar-refractivity contribution in [2.75, 3.05) is 20.2 Å². The van der Waals surface area contributed by atoms with Crippen LogP contribution in [0, 0.1) is 5.82 Å². The van der Waals surface area contributed by atoms with E-state index in [4.69, 9.17) is 4.74 Å². The van der Waals surface area contributed by atoms with E-state index in [1.165, 1.54) is 6.07 Å². The van der Waals surface area contributed by atoms with Crippen molar-refractivity contribution in [1.82, 2.24) is 15.6 Å². The molecule has 128 valence electrons. The van der Waals surface area contributed by atoms with Crippen LogP contribution in [-0.4, -0.2) is 37.0 Å². The molecular weight excluding hydrogens is 313 g/mol. The number of nitrogens with one attached hydrogen (secondary N) is 3. The second kappa shape index (κ2) is 6.51. The number of hydrogen-bond acceptors (Lipinski definition) is 3. The Morgan fingerprint density at radius 1 is 1.42 bits per heavy atom. The highest BCUT2D eigenvalue weighted by Gasteiger charge is 2.26. The van der Waals surface area contributed by atoms with E-state index >= 15 is 0 Å². The van der Waals surface area contributed by atoms with Gasteiger partial charge in [0, 0.05) is 49.0 Å². The minimum Gasteiger partial charge on any atom is -0.490 e. The van der Waals surface area contributed by atoms with Gasteiger partial charge in [-0.2, -0.15) is 0 Å². The number of carbonyl (C=O) groups excluding carboxylic acids is 2. The number of benzene rings is 1. The molecule has 0 saturated carbocycles. The summed E-state index contributed by atoms with van der Waals surface area (Å²) < 4.78 is 19.5. The first-order valence-corrected chi connectivity index (χ1v) is 8.04. The van der Waals surface area contributed by atoms with Crippen molar-refractivity contribution >= 4 is 22.7 Å². The maximum absolute atomic E-state index is 14.1. The molecule has 0 radical (unpaired) electrons. The third kappa shape index (κ3) is 2.70. The van der Waals surface area contributed by atoms with Crippen molar-refractivity contribution in [3.8, 4) is 5.75 Å². The molecule has 0 unspecified atom stereocenters. The van der Waals surface area contributed by atoms with Gasteiger partial charge in [-0.25, -0.2) is 4.39 Å². The van der Waals surface area contributed by atoms with E-state index in [2.05, 4.69) is 15.6 Å². The Hall–Kier alpha value is -2.57. The fourth-order valence-corrected chi connectivity index (χ4v) is 3.13. The van der Waals surface area contributed by atoms with Crippen LogP contribution in [0.25, 0.3) is 10.9 Å². The summed E-state index contributed by atoms with van der Waals surface area (Å²) in [6.45, 7) is 2.62. The van der Waals surface area contributed by atoms with Crippen molar-refractivity contribution < 1.29 is 18.7 Å². The molecule has 6 nitrogen and oxygen atoms in total. The van der Waals surface area contributed by atoms with E-state index in [1.54, 1.807) is 14.0 Å². The van der Waals surface area contributed by atoms with Gasteiger partial charge in [-0.05, 0) is 12.0 Å². The number of ether oxygens (including phenoxy) is 1. The van der Waals surface area contributed by atoms with Crippen molar-refractivity contribution in [3.05, 3.63) is 28.7 Å². The number of carbonyl (C=O) groups is 2. The summed E-state index contributed by atoms with van der Waals surface area (Å²) in [7, 11) is 1.55. The Morgan fingerprint density at radius 3 is 2.92 bits per heavy atom. The molecule has 2 heterocycles. The lowest BCUT2D eigenvalue weighted by Crippen LogP contribution is -2.26. The van der Waals surface area contributed by atoms with Gasteiger partial charge in [-0.15, -0.1) is 0 Å². The van der Waals surface area contributed by atoms with E-state index < -0.39 is 5.82 Å². The van der Waals surface area contributed by atoms with Gasteiger partial charge in [-0.1, -0.05) is 6.92 Å². The lowest BCUT2D eigenvalue weighted by Gasteiger charge is -2.08. The molecule has 3 rings (SSSR count). The molecule has 3 N–H and O–H groups in total. The maximum atomic E-state index is 14.1. The molecule has 2 aromatic rings. The summed E-state index contributed by atoms with van der Waals surface area (Å²) in [5, 5.41) is 6.23. The highest BCUT2D eigenvalue weighted by atomic mass is 19.1. The highest BCUT2D eigenvalue weighted by molar-refractivity contribution is 6.02. The van der Waals surface area contributed by atoms with Crippen LogP contribution in [0.3, 0.4) is 0 Å². The summed E-state index contributed by atoms with van der Waals surface area (Å²) in [6.07, 6.45) is 1.49. The number of aromatic nitrogens is 1. The van der Waals surface area contributed by atoms with Gasteiger partial charge in [0.2, 0.25) is 5.91 Å². The van der Waals surface area contributed by atoms with Crippen molar-refractivity contribution in [2.45, 2.75) is 26.2 Å². The third-order valence-electron chi connectivity index (χ3n) is 4.27. The Labute approximate surface area is 138 Å². The SMILES string of the molecule is CCC(=O)NCCc1c(C(=O)NC)[nH]c2cc(F)c3c(c12)CCO3. The molecule has 0 spiro atoms. The van der Waals surface area contributed by atoms with Gasteiger partial charge in [0.25, 0.3) is 5.91 Å². The number of rotatable bonds is 5. The summed E-state index contributed by atoms with van der Waals surface area (Å²) >= 11 is 0. The van der Waals surface area contributed by atoms with Crippen LogP contribution in [0.2, 0.25) is 0 Å². The predicted molar refractivity (Wildman–Crippen MR) is 87.9 cm³/mol. The Balaban J connectivity index is 2.07. The van der Waals surface area contributed by atoms with Crippen LogP contribution in [0.5, 0.6) is 5.75 Å². The lowest BCUT2D eigenvalue weighted by atomic mass is 10.00. The minimum atomic E-state index is -0.425. The van der Waals surface area contributed by atoms with Gasteiger partial charge in [-0.3, -0.25) is 9.59 Å². The molecule has 0 aliphatic carbocycles. The quantitative estimate of drug-likeness (QED) is 0.778. The number of aromatic amines is 1. The first kappa shape index (κ1) is 16.3. The Bertz CT molecular complexity index is 813. The molecule has 0 fully saturated rings. The van der Waals surface area contributed by atoms with Crippen LogP contribution in [0.1, 0.15) is 35.0 Å². The molecule has 0 bridgehead atoms. The molecule has 0 atom stereocenters. The smallest absolute Gasteiger partial charge is 0.267 e. The summed E-state index contributed by atoms with van der Waals surface area (Å²) in [5.41, 5.74) is 2.54. The molecule has 1 aliphatic rings. The molecule has 1 aromatic heterocycles. The number of amides is 2. The fourth-order valence-electron chi connectivity index (χ4n) is 3.13. The van der Waals surface area contributed by atoms with Crippen LogP contribution >= 0.6 is 0 Å². The topological polar surface area (TPSA) is 83.2 Å². The van der Waals surface area contributed by atoms with Crippen molar-refractivity contribution in [3.63, 3.8) is 0 Å². The van der Waals surface area contributed by atoms with Gasteiger partial charge >= 0.3 is 0 Å². The average Bonchev–Trinajstić information content (AvgIpc) is 3.19. The monoisotopic (exact) mass is 333 g/mol. The van der Waals surface area contributed by atoms with E-state index in [9.17, 15) is 14.0 Å². The molecule has 1 aromatic carbocycles. The summed E-state index contributed by atoms with van der Waals surface area (Å²) in [6, 6.07) is 1.36. The van der Waals surface area contributed by atoms with Crippen LogP contribution in [0.4, 0.5) is 4.39 Å². The second-order valence-electron chi connectivity index (χ2n) is 5.70. The predicted octanol–water partition coefficient (Wildman–Crippen LogP) is 1.67. The first-order chi connectivity index (χ1) is 11.6. The average molecular weight is 333 g/mol.